The lowest BCUT2D eigenvalue weighted by molar-refractivity contribution is 0.169. The Bertz CT molecular complexity index is 125. The zero-order valence-electron chi connectivity index (χ0n) is 8.71. The van der Waals surface area contributed by atoms with E-state index < -0.39 is 0 Å². The topological polar surface area (TPSA) is 6.48 Å². The lowest BCUT2D eigenvalue weighted by atomic mass is 9.98. The molecule has 1 fully saturated rings. The van der Waals surface area contributed by atoms with Gasteiger partial charge in [0.15, 0.2) is 0 Å². The van der Waals surface area contributed by atoms with Crippen LogP contribution in [0.4, 0.5) is 0 Å². The van der Waals surface area contributed by atoms with Crippen LogP contribution in [0.25, 0.3) is 0 Å². The van der Waals surface area contributed by atoms with Crippen molar-refractivity contribution in [1.82, 2.24) is 9.80 Å². The van der Waals surface area contributed by atoms with Crippen molar-refractivity contribution >= 4 is 0 Å². The maximum atomic E-state index is 2.46. The first kappa shape index (κ1) is 10.0. The second kappa shape index (κ2) is 4.83. The van der Waals surface area contributed by atoms with Crippen LogP contribution in [0.5, 0.6) is 0 Å². The van der Waals surface area contributed by atoms with Crippen LogP contribution >= 0.6 is 0 Å². The first-order chi connectivity index (χ1) is 5.72. The molecular weight excluding hydrogens is 148 g/mol. The fourth-order valence-corrected chi connectivity index (χ4v) is 1.99. The van der Waals surface area contributed by atoms with E-state index in [0.29, 0.717) is 0 Å². The fourth-order valence-electron chi connectivity index (χ4n) is 1.99. The van der Waals surface area contributed by atoms with Crippen molar-refractivity contribution in [3.8, 4) is 0 Å². The van der Waals surface area contributed by atoms with Gasteiger partial charge in [0.25, 0.3) is 0 Å². The van der Waals surface area contributed by atoms with Crippen molar-refractivity contribution in [1.29, 1.82) is 0 Å². The van der Waals surface area contributed by atoms with Gasteiger partial charge in [-0.25, -0.2) is 0 Å². The maximum Gasteiger partial charge on any atom is 0.00188 e. The van der Waals surface area contributed by atoms with Crippen molar-refractivity contribution in [3.63, 3.8) is 0 Å². The number of hydrogen-bond donors (Lipinski definition) is 0. The Kier molecular flexibility index (Phi) is 4.02. The summed E-state index contributed by atoms with van der Waals surface area (Å²) in [6.45, 7) is 7.28. The van der Waals surface area contributed by atoms with Gasteiger partial charge in [0.1, 0.15) is 0 Å². The molecule has 2 heteroatoms. The van der Waals surface area contributed by atoms with Gasteiger partial charge in [-0.1, -0.05) is 6.92 Å². The number of piperidine rings is 1. The van der Waals surface area contributed by atoms with Crippen molar-refractivity contribution in [3.05, 3.63) is 0 Å². The molecule has 1 aliphatic rings. The van der Waals surface area contributed by atoms with E-state index in [9.17, 15) is 0 Å². The molecule has 0 aromatic heterocycles. The van der Waals surface area contributed by atoms with Crippen LogP contribution in [0.3, 0.4) is 0 Å². The Morgan fingerprint density at radius 2 is 2.25 bits per heavy atom. The molecule has 72 valence electrons. The zero-order chi connectivity index (χ0) is 8.97. The van der Waals surface area contributed by atoms with Gasteiger partial charge in [-0.15, -0.1) is 0 Å². The van der Waals surface area contributed by atoms with E-state index in [-0.39, 0.29) is 0 Å². The average molecular weight is 170 g/mol. The molecule has 0 N–H and O–H groups in total. The Balaban J connectivity index is 2.22. The highest BCUT2D eigenvalue weighted by atomic mass is 15.1. The summed E-state index contributed by atoms with van der Waals surface area (Å²) >= 11 is 0. The molecular formula is C10H22N2. The third kappa shape index (κ3) is 3.11. The van der Waals surface area contributed by atoms with E-state index >= 15 is 0 Å². The summed E-state index contributed by atoms with van der Waals surface area (Å²) in [4.78, 5) is 4.88. The van der Waals surface area contributed by atoms with Crippen LogP contribution in [0.1, 0.15) is 19.8 Å². The van der Waals surface area contributed by atoms with E-state index in [0.717, 1.165) is 5.92 Å². The molecule has 1 heterocycles. The van der Waals surface area contributed by atoms with Gasteiger partial charge in [0.2, 0.25) is 0 Å². The van der Waals surface area contributed by atoms with E-state index in [1.807, 2.05) is 0 Å². The Hall–Kier alpha value is -0.0800. The minimum absolute atomic E-state index is 0.911. The molecule has 1 rings (SSSR count). The van der Waals surface area contributed by atoms with Crippen LogP contribution in [-0.4, -0.2) is 50.1 Å². The number of hydrogen-bond acceptors (Lipinski definition) is 2. The summed E-state index contributed by atoms with van der Waals surface area (Å²) in [6, 6.07) is 0. The molecule has 0 aromatic rings. The molecule has 1 aliphatic heterocycles. The van der Waals surface area contributed by atoms with Crippen LogP contribution in [0.2, 0.25) is 0 Å². The number of likely N-dealkylation sites (tertiary alicyclic amines) is 1. The molecule has 12 heavy (non-hydrogen) atoms. The predicted molar refractivity (Wildman–Crippen MR) is 53.4 cm³/mol. The second-order valence-electron chi connectivity index (χ2n) is 4.13. The normalized spacial score (nSPS) is 26.5. The van der Waals surface area contributed by atoms with E-state index in [1.165, 1.54) is 39.0 Å². The Labute approximate surface area is 76.5 Å². The van der Waals surface area contributed by atoms with Crippen LogP contribution in [0.15, 0.2) is 0 Å². The third-order valence-corrected chi connectivity index (χ3v) is 2.83. The quantitative estimate of drug-likeness (QED) is 0.629. The summed E-state index contributed by atoms with van der Waals surface area (Å²) in [7, 11) is 4.45. The Morgan fingerprint density at radius 1 is 1.50 bits per heavy atom. The first-order valence-corrected chi connectivity index (χ1v) is 5.09. The number of rotatable bonds is 3. The highest BCUT2D eigenvalue weighted by molar-refractivity contribution is 4.72. The monoisotopic (exact) mass is 170 g/mol. The minimum atomic E-state index is 0.911. The zero-order valence-corrected chi connectivity index (χ0v) is 8.71. The SMILES string of the molecule is CCN(C)CC1CCCN(C)C1. The molecule has 0 amide bonds. The van der Waals surface area contributed by atoms with Crippen LogP contribution in [-0.2, 0) is 0 Å². The molecule has 0 saturated carbocycles. The molecule has 2 nitrogen and oxygen atoms in total. The highest BCUT2D eigenvalue weighted by Crippen LogP contribution is 2.15. The third-order valence-electron chi connectivity index (χ3n) is 2.83. The van der Waals surface area contributed by atoms with Crippen LogP contribution < -0.4 is 0 Å². The van der Waals surface area contributed by atoms with E-state index in [4.69, 9.17) is 0 Å². The maximum absolute atomic E-state index is 2.46. The molecule has 0 aromatic carbocycles. The molecule has 1 saturated heterocycles. The van der Waals surface area contributed by atoms with Crippen LogP contribution in [0, 0.1) is 5.92 Å². The molecule has 0 bridgehead atoms. The van der Waals surface area contributed by atoms with Crippen molar-refractivity contribution < 1.29 is 0 Å². The molecule has 0 radical (unpaired) electrons. The summed E-state index contributed by atoms with van der Waals surface area (Å²) < 4.78 is 0. The first-order valence-electron chi connectivity index (χ1n) is 5.09. The second-order valence-corrected chi connectivity index (χ2v) is 4.13. The van der Waals surface area contributed by atoms with Gasteiger partial charge in [-0.05, 0) is 45.9 Å². The smallest absolute Gasteiger partial charge is 0.00188 e. The molecule has 0 spiro atoms. The molecule has 1 atom stereocenters. The van der Waals surface area contributed by atoms with Crippen molar-refractivity contribution in [2.75, 3.05) is 40.3 Å². The standard InChI is InChI=1S/C10H22N2/c1-4-11(2)8-10-6-5-7-12(3)9-10/h10H,4-9H2,1-3H3. The number of nitrogens with zero attached hydrogens (tertiary/aromatic N) is 2. The Morgan fingerprint density at radius 3 is 2.83 bits per heavy atom. The van der Waals surface area contributed by atoms with Gasteiger partial charge >= 0.3 is 0 Å². The van der Waals surface area contributed by atoms with E-state index in [1.54, 1.807) is 0 Å². The largest absolute Gasteiger partial charge is 0.306 e. The fraction of sp³-hybridized carbons (Fsp3) is 1.00. The summed E-state index contributed by atoms with van der Waals surface area (Å²) in [5.41, 5.74) is 0. The van der Waals surface area contributed by atoms with E-state index in [2.05, 4.69) is 30.8 Å². The average Bonchev–Trinajstić information content (AvgIpc) is 2.04. The van der Waals surface area contributed by atoms with Gasteiger partial charge in [0, 0.05) is 13.1 Å². The lowest BCUT2D eigenvalue weighted by Gasteiger charge is -2.32. The summed E-state index contributed by atoms with van der Waals surface area (Å²) in [5, 5.41) is 0. The van der Waals surface area contributed by atoms with Gasteiger partial charge in [0.05, 0.1) is 0 Å². The summed E-state index contributed by atoms with van der Waals surface area (Å²) in [6.07, 6.45) is 2.81. The van der Waals surface area contributed by atoms with Crippen molar-refractivity contribution in [2.24, 2.45) is 5.92 Å². The van der Waals surface area contributed by atoms with Gasteiger partial charge in [-0.3, -0.25) is 0 Å². The lowest BCUT2D eigenvalue weighted by Crippen LogP contribution is -2.37. The van der Waals surface area contributed by atoms with Gasteiger partial charge in [-0.2, -0.15) is 0 Å². The predicted octanol–water partition coefficient (Wildman–Crippen LogP) is 1.28. The summed E-state index contributed by atoms with van der Waals surface area (Å²) in [5.74, 6) is 0.911. The van der Waals surface area contributed by atoms with Gasteiger partial charge < -0.3 is 9.80 Å². The molecule has 1 unspecified atom stereocenters. The molecule has 0 aliphatic carbocycles. The minimum Gasteiger partial charge on any atom is -0.306 e. The van der Waals surface area contributed by atoms with Crippen molar-refractivity contribution in [2.45, 2.75) is 19.8 Å². The highest BCUT2D eigenvalue weighted by Gasteiger charge is 2.17.